The highest BCUT2D eigenvalue weighted by Gasteiger charge is 2.20. The first kappa shape index (κ1) is 17.4. The Balaban J connectivity index is 0.00000289. The molecule has 0 fully saturated rings. The van der Waals surface area contributed by atoms with Gasteiger partial charge in [-0.2, -0.15) is 11.3 Å². The number of carbonyl (C=O) groups excluding carboxylic acids is 1. The minimum atomic E-state index is -0.252. The van der Waals surface area contributed by atoms with Crippen molar-refractivity contribution in [2.45, 2.75) is 45.1 Å². The molecule has 0 spiro atoms. The van der Waals surface area contributed by atoms with Crippen LogP contribution >= 0.6 is 23.7 Å². The standard InChI is InChI=1S/C13H22N2OS.ClH/c1-3-13(14,4-2)10-15-12(16)6-5-11-7-8-17-9-11;/h7-9H,3-6,10,14H2,1-2H3,(H,15,16);1H. The van der Waals surface area contributed by atoms with Gasteiger partial charge in [-0.3, -0.25) is 4.79 Å². The summed E-state index contributed by atoms with van der Waals surface area (Å²) in [5.41, 5.74) is 7.10. The molecule has 0 bridgehead atoms. The smallest absolute Gasteiger partial charge is 0.220 e. The third-order valence-corrected chi connectivity index (χ3v) is 4.00. The Bertz CT molecular complexity index is 337. The molecule has 1 rings (SSSR count). The average Bonchev–Trinajstić information content (AvgIpc) is 2.86. The molecule has 0 aliphatic heterocycles. The predicted octanol–water partition coefficient (Wildman–Crippen LogP) is 2.74. The molecule has 0 aliphatic carbocycles. The highest BCUT2D eigenvalue weighted by Crippen LogP contribution is 2.10. The highest BCUT2D eigenvalue weighted by molar-refractivity contribution is 7.07. The molecule has 0 atom stereocenters. The van der Waals surface area contributed by atoms with Crippen LogP contribution in [-0.4, -0.2) is 18.0 Å². The van der Waals surface area contributed by atoms with Crippen LogP contribution in [0.25, 0.3) is 0 Å². The molecule has 18 heavy (non-hydrogen) atoms. The summed E-state index contributed by atoms with van der Waals surface area (Å²) >= 11 is 1.66. The van der Waals surface area contributed by atoms with E-state index >= 15 is 0 Å². The molecule has 3 nitrogen and oxygen atoms in total. The van der Waals surface area contributed by atoms with Crippen LogP contribution in [0.3, 0.4) is 0 Å². The Morgan fingerprint density at radius 1 is 1.44 bits per heavy atom. The summed E-state index contributed by atoms with van der Waals surface area (Å²) in [5, 5.41) is 7.04. The van der Waals surface area contributed by atoms with Crippen LogP contribution < -0.4 is 11.1 Å². The Morgan fingerprint density at radius 2 is 2.11 bits per heavy atom. The maximum absolute atomic E-state index is 11.7. The second kappa shape index (κ2) is 8.51. The lowest BCUT2D eigenvalue weighted by atomic mass is 9.94. The van der Waals surface area contributed by atoms with Crippen molar-refractivity contribution in [1.82, 2.24) is 5.32 Å². The predicted molar refractivity (Wildman–Crippen MR) is 80.4 cm³/mol. The zero-order valence-corrected chi connectivity index (χ0v) is 12.7. The molecule has 0 unspecified atom stereocenters. The topological polar surface area (TPSA) is 55.1 Å². The Labute approximate surface area is 120 Å². The van der Waals surface area contributed by atoms with Crippen molar-refractivity contribution in [3.05, 3.63) is 22.4 Å². The fourth-order valence-electron chi connectivity index (χ4n) is 1.56. The molecule has 5 heteroatoms. The molecule has 0 aromatic carbocycles. The van der Waals surface area contributed by atoms with Gasteiger partial charge in [-0.1, -0.05) is 13.8 Å². The van der Waals surface area contributed by atoms with E-state index in [9.17, 15) is 4.79 Å². The molecule has 0 aliphatic rings. The molecule has 3 N–H and O–H groups in total. The highest BCUT2D eigenvalue weighted by atomic mass is 35.5. The third kappa shape index (κ3) is 5.85. The molecule has 1 aromatic rings. The van der Waals surface area contributed by atoms with Crippen molar-refractivity contribution >= 4 is 29.7 Å². The summed E-state index contributed by atoms with van der Waals surface area (Å²) in [5.74, 6) is 0.0907. The van der Waals surface area contributed by atoms with Gasteiger partial charge in [0.05, 0.1) is 0 Å². The lowest BCUT2D eigenvalue weighted by molar-refractivity contribution is -0.121. The van der Waals surface area contributed by atoms with E-state index in [2.05, 4.69) is 30.6 Å². The van der Waals surface area contributed by atoms with Gasteiger partial charge >= 0.3 is 0 Å². The van der Waals surface area contributed by atoms with Gasteiger partial charge in [0.2, 0.25) is 5.91 Å². The number of halogens is 1. The van der Waals surface area contributed by atoms with Crippen molar-refractivity contribution in [3.8, 4) is 0 Å². The average molecular weight is 291 g/mol. The first-order valence-electron chi connectivity index (χ1n) is 6.16. The molecular formula is C13H23ClN2OS. The zero-order chi connectivity index (χ0) is 12.7. The van der Waals surface area contributed by atoms with E-state index in [0.717, 1.165) is 19.3 Å². The molecule has 0 saturated heterocycles. The van der Waals surface area contributed by atoms with Gasteiger partial charge in [-0.05, 0) is 41.7 Å². The normalized spacial score (nSPS) is 10.8. The zero-order valence-electron chi connectivity index (χ0n) is 11.1. The number of aryl methyl sites for hydroxylation is 1. The van der Waals surface area contributed by atoms with E-state index in [1.54, 1.807) is 11.3 Å². The molecule has 0 saturated carbocycles. The quantitative estimate of drug-likeness (QED) is 0.811. The van der Waals surface area contributed by atoms with Crippen LogP contribution in [0.5, 0.6) is 0 Å². The fraction of sp³-hybridized carbons (Fsp3) is 0.615. The van der Waals surface area contributed by atoms with Crippen LogP contribution in [-0.2, 0) is 11.2 Å². The number of carbonyl (C=O) groups is 1. The Kier molecular flexibility index (Phi) is 8.24. The maximum Gasteiger partial charge on any atom is 0.220 e. The summed E-state index contributed by atoms with van der Waals surface area (Å²) in [6.45, 7) is 4.69. The van der Waals surface area contributed by atoms with Crippen LogP contribution in [0, 0.1) is 0 Å². The van der Waals surface area contributed by atoms with E-state index in [4.69, 9.17) is 5.73 Å². The van der Waals surface area contributed by atoms with Crippen molar-refractivity contribution in [1.29, 1.82) is 0 Å². The molecule has 104 valence electrons. The summed E-state index contributed by atoms with van der Waals surface area (Å²) in [6.07, 6.45) is 3.12. The van der Waals surface area contributed by atoms with Crippen LogP contribution in [0.15, 0.2) is 16.8 Å². The van der Waals surface area contributed by atoms with Crippen molar-refractivity contribution in [2.75, 3.05) is 6.54 Å². The van der Waals surface area contributed by atoms with Gasteiger partial charge in [0, 0.05) is 18.5 Å². The van der Waals surface area contributed by atoms with Gasteiger partial charge in [-0.15, -0.1) is 12.4 Å². The Morgan fingerprint density at radius 3 is 2.61 bits per heavy atom. The molecule has 0 radical (unpaired) electrons. The molecular weight excluding hydrogens is 268 g/mol. The van der Waals surface area contributed by atoms with E-state index in [0.29, 0.717) is 13.0 Å². The lowest BCUT2D eigenvalue weighted by Crippen LogP contribution is -2.49. The number of hydrogen-bond donors (Lipinski definition) is 2. The number of nitrogens with two attached hydrogens (primary N) is 1. The summed E-state index contributed by atoms with van der Waals surface area (Å²) < 4.78 is 0. The maximum atomic E-state index is 11.7. The van der Waals surface area contributed by atoms with Gasteiger partial charge in [0.1, 0.15) is 0 Å². The second-order valence-corrected chi connectivity index (χ2v) is 5.26. The second-order valence-electron chi connectivity index (χ2n) is 4.48. The van der Waals surface area contributed by atoms with Gasteiger partial charge < -0.3 is 11.1 Å². The lowest BCUT2D eigenvalue weighted by Gasteiger charge is -2.26. The summed E-state index contributed by atoms with van der Waals surface area (Å²) in [4.78, 5) is 11.7. The van der Waals surface area contributed by atoms with Gasteiger partial charge in [0.25, 0.3) is 0 Å². The molecule has 1 aromatic heterocycles. The number of rotatable bonds is 7. The van der Waals surface area contributed by atoms with Crippen molar-refractivity contribution in [2.24, 2.45) is 5.73 Å². The van der Waals surface area contributed by atoms with E-state index in [1.165, 1.54) is 5.56 Å². The largest absolute Gasteiger partial charge is 0.354 e. The molecule has 1 heterocycles. The van der Waals surface area contributed by atoms with Crippen LogP contribution in [0.1, 0.15) is 38.7 Å². The minimum absolute atomic E-state index is 0. The summed E-state index contributed by atoms with van der Waals surface area (Å²) in [7, 11) is 0. The van der Waals surface area contributed by atoms with Crippen molar-refractivity contribution in [3.63, 3.8) is 0 Å². The first-order chi connectivity index (χ1) is 8.09. The third-order valence-electron chi connectivity index (χ3n) is 3.27. The number of amides is 1. The van der Waals surface area contributed by atoms with E-state index in [-0.39, 0.29) is 23.9 Å². The van der Waals surface area contributed by atoms with Gasteiger partial charge in [0.15, 0.2) is 0 Å². The SMILES string of the molecule is CCC(N)(CC)CNC(=O)CCc1ccsc1.Cl. The number of nitrogens with one attached hydrogen (secondary N) is 1. The number of thiophene rings is 1. The Hall–Kier alpha value is -0.580. The van der Waals surface area contributed by atoms with Crippen molar-refractivity contribution < 1.29 is 4.79 Å². The number of hydrogen-bond acceptors (Lipinski definition) is 3. The molecule has 1 amide bonds. The first-order valence-corrected chi connectivity index (χ1v) is 7.10. The van der Waals surface area contributed by atoms with E-state index < -0.39 is 0 Å². The van der Waals surface area contributed by atoms with Crippen LogP contribution in [0.2, 0.25) is 0 Å². The summed E-state index contributed by atoms with van der Waals surface area (Å²) in [6, 6.07) is 2.06. The van der Waals surface area contributed by atoms with Gasteiger partial charge in [-0.25, -0.2) is 0 Å². The van der Waals surface area contributed by atoms with Crippen LogP contribution in [0.4, 0.5) is 0 Å². The monoisotopic (exact) mass is 290 g/mol. The fourth-order valence-corrected chi connectivity index (χ4v) is 2.26. The van der Waals surface area contributed by atoms with E-state index in [1.807, 2.05) is 5.38 Å². The minimum Gasteiger partial charge on any atom is -0.354 e.